The maximum Gasteiger partial charge on any atom is 0.245 e. The Morgan fingerprint density at radius 3 is 2.88 bits per heavy atom. The van der Waals surface area contributed by atoms with Gasteiger partial charge in [0.1, 0.15) is 10.9 Å². The maximum atomic E-state index is 12.2. The molecule has 0 amide bonds. The number of nitriles is 1. The molecule has 0 unspecified atom stereocenters. The molecule has 1 aliphatic heterocycles. The summed E-state index contributed by atoms with van der Waals surface area (Å²) >= 11 is 0. The van der Waals surface area contributed by atoms with Crippen molar-refractivity contribution in [3.05, 3.63) is 24.0 Å². The molecule has 0 radical (unpaired) electrons. The highest BCUT2D eigenvalue weighted by molar-refractivity contribution is 7.89. The minimum atomic E-state index is -3.57. The van der Waals surface area contributed by atoms with Crippen LogP contribution >= 0.6 is 0 Å². The molecule has 2 rings (SSSR count). The average Bonchev–Trinajstić information content (AvgIpc) is 2.78. The molecule has 2 heterocycles. The lowest BCUT2D eigenvalue weighted by Gasteiger charge is -2.18. The van der Waals surface area contributed by atoms with Crippen molar-refractivity contribution in [2.75, 3.05) is 6.54 Å². The number of aromatic nitrogens is 1. The van der Waals surface area contributed by atoms with Crippen molar-refractivity contribution in [2.45, 2.75) is 30.7 Å². The minimum Gasteiger partial charge on any atom is -0.260 e. The van der Waals surface area contributed by atoms with Gasteiger partial charge in [-0.1, -0.05) is 0 Å². The number of sulfonamides is 1. The van der Waals surface area contributed by atoms with E-state index in [0.717, 1.165) is 12.1 Å². The van der Waals surface area contributed by atoms with Crippen LogP contribution in [0.3, 0.4) is 0 Å². The largest absolute Gasteiger partial charge is 0.260 e. The number of aryl methyl sites for hydroxylation is 1. The number of hydrogen-bond donors (Lipinski definition) is 0. The number of pyridine rings is 1. The summed E-state index contributed by atoms with van der Waals surface area (Å²) in [6.07, 6.45) is 2.68. The van der Waals surface area contributed by atoms with Crippen molar-refractivity contribution in [1.29, 1.82) is 5.26 Å². The van der Waals surface area contributed by atoms with E-state index in [1.807, 2.05) is 6.07 Å². The zero-order valence-electron chi connectivity index (χ0n) is 9.50. The third-order valence-corrected chi connectivity index (χ3v) is 4.74. The summed E-state index contributed by atoms with van der Waals surface area (Å²) < 4.78 is 25.8. The van der Waals surface area contributed by atoms with E-state index in [9.17, 15) is 8.42 Å². The number of nitrogens with zero attached hydrogens (tertiary/aromatic N) is 3. The molecule has 1 aromatic rings. The second kappa shape index (κ2) is 4.43. The van der Waals surface area contributed by atoms with Crippen LogP contribution in [0.1, 0.15) is 18.5 Å². The Bertz CT molecular complexity index is 545. The van der Waals surface area contributed by atoms with E-state index in [2.05, 4.69) is 4.98 Å². The molecule has 1 aromatic heterocycles. The molecule has 1 atom stereocenters. The quantitative estimate of drug-likeness (QED) is 0.788. The van der Waals surface area contributed by atoms with E-state index in [1.165, 1.54) is 16.6 Å². The lowest BCUT2D eigenvalue weighted by atomic mass is 10.2. The van der Waals surface area contributed by atoms with Crippen LogP contribution in [0.5, 0.6) is 0 Å². The normalized spacial score (nSPS) is 21.3. The van der Waals surface area contributed by atoms with Gasteiger partial charge >= 0.3 is 0 Å². The Morgan fingerprint density at radius 2 is 2.29 bits per heavy atom. The van der Waals surface area contributed by atoms with Gasteiger partial charge in [-0.15, -0.1) is 0 Å². The Labute approximate surface area is 101 Å². The zero-order chi connectivity index (χ0) is 12.5. The van der Waals surface area contributed by atoms with E-state index in [-0.39, 0.29) is 4.90 Å². The van der Waals surface area contributed by atoms with Crippen molar-refractivity contribution < 1.29 is 8.42 Å². The molecule has 1 aliphatic rings. The SMILES string of the molecule is Cc1ccc(S(=O)(=O)N2CCC[C@H]2C#N)cn1. The lowest BCUT2D eigenvalue weighted by Crippen LogP contribution is -2.34. The molecular formula is C11H13N3O2S. The van der Waals surface area contributed by atoms with Crippen LogP contribution in [0.4, 0.5) is 0 Å². The number of rotatable bonds is 2. The fraction of sp³-hybridized carbons (Fsp3) is 0.455. The first kappa shape index (κ1) is 12.0. The van der Waals surface area contributed by atoms with Crippen molar-refractivity contribution >= 4 is 10.0 Å². The summed E-state index contributed by atoms with van der Waals surface area (Å²) in [7, 11) is -3.57. The molecule has 0 aliphatic carbocycles. The average molecular weight is 251 g/mol. The molecule has 0 aromatic carbocycles. The summed E-state index contributed by atoms with van der Waals surface area (Å²) in [6.45, 7) is 2.21. The van der Waals surface area contributed by atoms with Crippen LogP contribution in [0, 0.1) is 18.3 Å². The van der Waals surface area contributed by atoms with E-state index < -0.39 is 16.1 Å². The summed E-state index contributed by atoms with van der Waals surface area (Å²) in [5.74, 6) is 0. The molecule has 90 valence electrons. The van der Waals surface area contributed by atoms with E-state index in [4.69, 9.17) is 5.26 Å². The zero-order valence-corrected chi connectivity index (χ0v) is 10.3. The molecule has 1 fully saturated rings. The van der Waals surface area contributed by atoms with Crippen LogP contribution < -0.4 is 0 Å². The monoisotopic (exact) mass is 251 g/mol. The molecular weight excluding hydrogens is 238 g/mol. The van der Waals surface area contributed by atoms with Crippen LogP contribution in [0.15, 0.2) is 23.2 Å². The first-order chi connectivity index (χ1) is 8.05. The highest BCUT2D eigenvalue weighted by atomic mass is 32.2. The van der Waals surface area contributed by atoms with Gasteiger partial charge in [-0.25, -0.2) is 8.42 Å². The Kier molecular flexibility index (Phi) is 3.13. The predicted octanol–water partition coefficient (Wildman–Crippen LogP) is 1.07. The molecule has 0 N–H and O–H groups in total. The minimum absolute atomic E-state index is 0.158. The van der Waals surface area contributed by atoms with Crippen LogP contribution in [0.25, 0.3) is 0 Å². The van der Waals surface area contributed by atoms with Crippen molar-refractivity contribution in [2.24, 2.45) is 0 Å². The molecule has 0 bridgehead atoms. The highest BCUT2D eigenvalue weighted by Crippen LogP contribution is 2.25. The van der Waals surface area contributed by atoms with Crippen molar-refractivity contribution in [1.82, 2.24) is 9.29 Å². The summed E-state index contributed by atoms with van der Waals surface area (Å²) in [4.78, 5) is 4.14. The molecule has 6 heteroatoms. The topological polar surface area (TPSA) is 74.1 Å². The van der Waals surface area contributed by atoms with Gasteiger partial charge in [0.2, 0.25) is 10.0 Å². The van der Waals surface area contributed by atoms with Crippen molar-refractivity contribution in [3.8, 4) is 6.07 Å². The third-order valence-electron chi connectivity index (χ3n) is 2.84. The third kappa shape index (κ3) is 2.16. The Balaban J connectivity index is 2.37. The maximum absolute atomic E-state index is 12.2. The molecule has 17 heavy (non-hydrogen) atoms. The Hall–Kier alpha value is -1.45. The van der Waals surface area contributed by atoms with Crippen molar-refractivity contribution in [3.63, 3.8) is 0 Å². The molecule has 0 saturated carbocycles. The van der Waals surface area contributed by atoms with Crippen LogP contribution in [0.2, 0.25) is 0 Å². The number of hydrogen-bond acceptors (Lipinski definition) is 4. The van der Waals surface area contributed by atoms with E-state index in [0.29, 0.717) is 13.0 Å². The van der Waals surface area contributed by atoms with Gasteiger partial charge in [-0.3, -0.25) is 4.98 Å². The van der Waals surface area contributed by atoms with Gasteiger partial charge in [0.15, 0.2) is 0 Å². The highest BCUT2D eigenvalue weighted by Gasteiger charge is 2.35. The Morgan fingerprint density at radius 1 is 1.53 bits per heavy atom. The standard InChI is InChI=1S/C11H13N3O2S/c1-9-4-5-11(8-13-9)17(15,16)14-6-2-3-10(14)7-12/h4-5,8,10H,2-3,6H2,1H3/t10-/m0/s1. The fourth-order valence-corrected chi connectivity index (χ4v) is 3.45. The van der Waals surface area contributed by atoms with Gasteiger partial charge in [-0.05, 0) is 31.9 Å². The van der Waals surface area contributed by atoms with E-state index >= 15 is 0 Å². The van der Waals surface area contributed by atoms with Gasteiger partial charge in [0.05, 0.1) is 6.07 Å². The van der Waals surface area contributed by atoms with Gasteiger partial charge in [0, 0.05) is 18.4 Å². The molecule has 0 spiro atoms. The second-order valence-corrected chi connectivity index (χ2v) is 5.93. The van der Waals surface area contributed by atoms with Gasteiger partial charge < -0.3 is 0 Å². The molecule has 5 nitrogen and oxygen atoms in total. The summed E-state index contributed by atoms with van der Waals surface area (Å²) in [5, 5.41) is 8.92. The van der Waals surface area contributed by atoms with Gasteiger partial charge in [-0.2, -0.15) is 9.57 Å². The summed E-state index contributed by atoms with van der Waals surface area (Å²) in [5.41, 5.74) is 0.766. The van der Waals surface area contributed by atoms with E-state index in [1.54, 1.807) is 13.0 Å². The second-order valence-electron chi connectivity index (χ2n) is 4.04. The van der Waals surface area contributed by atoms with Crippen LogP contribution in [-0.4, -0.2) is 30.3 Å². The lowest BCUT2D eigenvalue weighted by molar-refractivity contribution is 0.437. The fourth-order valence-electron chi connectivity index (χ4n) is 1.90. The first-order valence-electron chi connectivity index (χ1n) is 5.40. The van der Waals surface area contributed by atoms with Gasteiger partial charge in [0.25, 0.3) is 0 Å². The smallest absolute Gasteiger partial charge is 0.245 e. The predicted molar refractivity (Wildman–Crippen MR) is 61.5 cm³/mol. The summed E-state index contributed by atoms with van der Waals surface area (Å²) in [6, 6.07) is 4.68. The van der Waals surface area contributed by atoms with Crippen LogP contribution in [-0.2, 0) is 10.0 Å². The first-order valence-corrected chi connectivity index (χ1v) is 6.84. The molecule has 1 saturated heterocycles.